The van der Waals surface area contributed by atoms with Crippen LogP contribution in [0.1, 0.15) is 22.8 Å². The van der Waals surface area contributed by atoms with Gasteiger partial charge in [0.15, 0.2) is 0 Å². The van der Waals surface area contributed by atoms with E-state index in [4.69, 9.17) is 27.9 Å². The molecule has 2 aromatic carbocycles. The number of rotatable bonds is 2. The van der Waals surface area contributed by atoms with Gasteiger partial charge in [0.2, 0.25) is 0 Å². The largest absolute Gasteiger partial charge is 0.394 e. The highest BCUT2D eigenvalue weighted by Gasteiger charge is 2.43. The molecule has 1 heterocycles. The molecule has 0 aliphatic carbocycles. The van der Waals surface area contributed by atoms with Crippen molar-refractivity contribution in [1.82, 2.24) is 0 Å². The lowest BCUT2D eigenvalue weighted by Gasteiger charge is -2.40. The van der Waals surface area contributed by atoms with E-state index in [2.05, 4.69) is 11.8 Å². The van der Waals surface area contributed by atoms with Crippen LogP contribution in [-0.2, 0) is 4.74 Å². The summed E-state index contributed by atoms with van der Waals surface area (Å²) in [4.78, 5) is 0. The average Bonchev–Trinajstić information content (AvgIpc) is 2.64. The molecule has 0 bridgehead atoms. The summed E-state index contributed by atoms with van der Waals surface area (Å²) in [7, 11) is 0. The molecule has 0 saturated carbocycles. The number of benzene rings is 2. The zero-order valence-corrected chi connectivity index (χ0v) is 15.6. The lowest BCUT2D eigenvalue weighted by atomic mass is 9.91. The van der Waals surface area contributed by atoms with Gasteiger partial charge in [-0.25, -0.2) is 0 Å². The molecule has 0 aromatic heterocycles. The molecule has 7 heteroatoms. The molecule has 0 spiro atoms. The zero-order valence-electron chi connectivity index (χ0n) is 14.1. The maximum Gasteiger partial charge on any atom is 0.113 e. The first-order valence-electron chi connectivity index (χ1n) is 8.27. The summed E-state index contributed by atoms with van der Waals surface area (Å²) < 4.78 is 5.57. The molecule has 1 fully saturated rings. The van der Waals surface area contributed by atoms with Gasteiger partial charge in [0, 0.05) is 21.2 Å². The number of halogens is 2. The summed E-state index contributed by atoms with van der Waals surface area (Å²) in [6, 6.07) is 12.0. The van der Waals surface area contributed by atoms with Crippen LogP contribution in [0.3, 0.4) is 0 Å². The average molecular weight is 409 g/mol. The molecule has 2 aromatic rings. The molecule has 1 aliphatic heterocycles. The van der Waals surface area contributed by atoms with Crippen molar-refractivity contribution in [3.8, 4) is 11.8 Å². The van der Waals surface area contributed by atoms with Gasteiger partial charge in [-0.15, -0.1) is 0 Å². The van der Waals surface area contributed by atoms with Crippen molar-refractivity contribution in [2.24, 2.45) is 0 Å². The number of ether oxygens (including phenoxy) is 1. The Morgan fingerprint density at radius 2 is 1.52 bits per heavy atom. The first-order chi connectivity index (χ1) is 12.9. The van der Waals surface area contributed by atoms with Crippen LogP contribution in [0.2, 0.25) is 10.0 Å². The summed E-state index contributed by atoms with van der Waals surface area (Å²) in [5, 5.41) is 40.4. The van der Waals surface area contributed by atoms with E-state index in [0.717, 1.165) is 0 Å². The summed E-state index contributed by atoms with van der Waals surface area (Å²) in [5.41, 5.74) is 1.88. The van der Waals surface area contributed by atoms with Crippen molar-refractivity contribution in [2.75, 3.05) is 6.61 Å². The Labute approximate surface area is 166 Å². The van der Waals surface area contributed by atoms with E-state index in [9.17, 15) is 20.4 Å². The Morgan fingerprint density at radius 1 is 0.852 bits per heavy atom. The van der Waals surface area contributed by atoms with E-state index in [0.29, 0.717) is 26.7 Å². The minimum Gasteiger partial charge on any atom is -0.394 e. The molecule has 3 rings (SSSR count). The fourth-order valence-corrected chi connectivity index (χ4v) is 3.47. The Bertz CT molecular complexity index is 854. The summed E-state index contributed by atoms with van der Waals surface area (Å²) in [6.07, 6.45) is -6.02. The smallest absolute Gasteiger partial charge is 0.113 e. The molecule has 0 amide bonds. The Balaban J connectivity index is 1.86. The Hall–Kier alpha value is -1.62. The van der Waals surface area contributed by atoms with E-state index in [-0.39, 0.29) is 0 Å². The molecule has 27 heavy (non-hydrogen) atoms. The van der Waals surface area contributed by atoms with Crippen LogP contribution in [0.15, 0.2) is 42.5 Å². The lowest BCUT2D eigenvalue weighted by molar-refractivity contribution is -0.231. The summed E-state index contributed by atoms with van der Waals surface area (Å²) in [5.74, 6) is 5.96. The quantitative estimate of drug-likeness (QED) is 0.569. The number of hydrogen-bond donors (Lipinski definition) is 4. The first kappa shape index (κ1) is 20.1. The van der Waals surface area contributed by atoms with Crippen LogP contribution in [-0.4, -0.2) is 51.4 Å². The van der Waals surface area contributed by atoms with Gasteiger partial charge in [-0.3, -0.25) is 0 Å². The SMILES string of the molecule is OC[C@H]1O[C@H](c2cccc(C#Cc3cc(Cl)cc(Cl)c3)c2)[C@@H](O)[C@@H](O)[C@@H]1O. The maximum absolute atomic E-state index is 10.3. The van der Waals surface area contributed by atoms with Gasteiger partial charge in [0.1, 0.15) is 30.5 Å². The van der Waals surface area contributed by atoms with E-state index in [1.807, 2.05) is 0 Å². The summed E-state index contributed by atoms with van der Waals surface area (Å²) in [6.45, 7) is -0.476. The second kappa shape index (κ2) is 8.59. The molecular formula is C20H18Cl2O5. The second-order valence-electron chi connectivity index (χ2n) is 6.28. The molecule has 5 atom stereocenters. The van der Waals surface area contributed by atoms with E-state index < -0.39 is 37.1 Å². The van der Waals surface area contributed by atoms with Crippen LogP contribution in [0.5, 0.6) is 0 Å². The predicted octanol–water partition coefficient (Wildman–Crippen LogP) is 1.91. The standard InChI is InChI=1S/C20H18Cl2O5/c21-14-7-12(8-15(22)9-14)5-4-11-2-1-3-13(6-11)20-19(26)18(25)17(24)16(10-23)27-20/h1-3,6-9,16-20,23-26H,10H2/t16-,17-,18+,19+,20-/m1/s1. The molecule has 0 unspecified atom stereocenters. The van der Waals surface area contributed by atoms with Crippen LogP contribution in [0.4, 0.5) is 0 Å². The van der Waals surface area contributed by atoms with Crippen LogP contribution >= 0.6 is 23.2 Å². The highest BCUT2D eigenvalue weighted by Crippen LogP contribution is 2.32. The van der Waals surface area contributed by atoms with E-state index >= 15 is 0 Å². The predicted molar refractivity (Wildman–Crippen MR) is 102 cm³/mol. The second-order valence-corrected chi connectivity index (χ2v) is 7.16. The fourth-order valence-electron chi connectivity index (χ4n) is 2.94. The molecule has 142 valence electrons. The monoisotopic (exact) mass is 408 g/mol. The van der Waals surface area contributed by atoms with Crippen molar-refractivity contribution in [2.45, 2.75) is 30.5 Å². The van der Waals surface area contributed by atoms with Crippen molar-refractivity contribution in [3.63, 3.8) is 0 Å². The normalized spacial score (nSPS) is 27.7. The topological polar surface area (TPSA) is 90.2 Å². The van der Waals surface area contributed by atoms with Crippen molar-refractivity contribution >= 4 is 23.2 Å². The van der Waals surface area contributed by atoms with Crippen molar-refractivity contribution < 1.29 is 25.2 Å². The Kier molecular flexibility index (Phi) is 6.40. The van der Waals surface area contributed by atoms with Gasteiger partial charge in [0.05, 0.1) is 6.61 Å². The first-order valence-corrected chi connectivity index (χ1v) is 9.03. The van der Waals surface area contributed by atoms with Crippen LogP contribution < -0.4 is 0 Å². The molecule has 4 N–H and O–H groups in total. The lowest BCUT2D eigenvalue weighted by Crippen LogP contribution is -2.55. The summed E-state index contributed by atoms with van der Waals surface area (Å²) >= 11 is 11.9. The third-order valence-corrected chi connectivity index (χ3v) is 4.76. The molecule has 5 nitrogen and oxygen atoms in total. The zero-order chi connectivity index (χ0) is 19.6. The molecule has 0 radical (unpaired) electrons. The Morgan fingerprint density at radius 3 is 2.19 bits per heavy atom. The minimum absolute atomic E-state index is 0.476. The van der Waals surface area contributed by atoms with Gasteiger partial charge in [-0.05, 0) is 35.9 Å². The number of hydrogen-bond acceptors (Lipinski definition) is 5. The van der Waals surface area contributed by atoms with Crippen LogP contribution in [0, 0.1) is 11.8 Å². The third-order valence-electron chi connectivity index (χ3n) is 4.32. The number of aliphatic hydroxyl groups excluding tert-OH is 4. The highest BCUT2D eigenvalue weighted by molar-refractivity contribution is 6.34. The maximum atomic E-state index is 10.3. The van der Waals surface area contributed by atoms with E-state index in [1.54, 1.807) is 42.5 Å². The van der Waals surface area contributed by atoms with Gasteiger partial charge >= 0.3 is 0 Å². The highest BCUT2D eigenvalue weighted by atomic mass is 35.5. The molecule has 1 saturated heterocycles. The molecule has 1 aliphatic rings. The van der Waals surface area contributed by atoms with Gasteiger partial charge in [0.25, 0.3) is 0 Å². The third kappa shape index (κ3) is 4.63. The van der Waals surface area contributed by atoms with Gasteiger partial charge in [-0.1, -0.05) is 47.2 Å². The number of aliphatic hydroxyl groups is 4. The fraction of sp³-hybridized carbons (Fsp3) is 0.300. The van der Waals surface area contributed by atoms with Gasteiger partial charge in [-0.2, -0.15) is 0 Å². The van der Waals surface area contributed by atoms with E-state index in [1.165, 1.54) is 0 Å². The van der Waals surface area contributed by atoms with Crippen molar-refractivity contribution in [1.29, 1.82) is 0 Å². The van der Waals surface area contributed by atoms with Crippen LogP contribution in [0.25, 0.3) is 0 Å². The van der Waals surface area contributed by atoms with Gasteiger partial charge < -0.3 is 25.2 Å². The molecular weight excluding hydrogens is 391 g/mol. The van der Waals surface area contributed by atoms with Crippen molar-refractivity contribution in [3.05, 3.63) is 69.2 Å². The minimum atomic E-state index is -1.43.